The molecule has 3 aromatic heterocycles. The van der Waals surface area contributed by atoms with Gasteiger partial charge in [0.15, 0.2) is 0 Å². The molecule has 4 heterocycles. The Morgan fingerprint density at radius 1 is 0.875 bits per heavy atom. The monoisotopic (exact) mass is 650 g/mol. The van der Waals surface area contributed by atoms with Crippen LogP contribution in [0.5, 0.6) is 0 Å². The Kier molecular flexibility index (Phi) is 7.86. The Morgan fingerprint density at radius 3 is 2.04 bits per heavy atom. The maximum Gasteiger partial charge on any atom is 0.343 e. The van der Waals surface area contributed by atoms with Crippen molar-refractivity contribution in [1.82, 2.24) is 9.30 Å². The summed E-state index contributed by atoms with van der Waals surface area (Å²) in [6.07, 6.45) is 4.94. The minimum Gasteiger partial charge on any atom is -0.462 e. The second kappa shape index (κ2) is 12.3. The standard InChI is InChI=1S/C42H38N2O3S/c1-3-47-41(46)36-26-35(29-19-20-29)39-28(2)34(21-24-44(39)40(36)45)38-25-30-27-43(23-22-37(30)48-38)42(31-13-7-4-8-14-31,32-15-9-5-10-16-32)33-17-11-6-12-18-33/h4-18,21,24-26,29H,3,19-20,22-23,27H2,1-2H3. The summed E-state index contributed by atoms with van der Waals surface area (Å²) in [6.45, 7) is 5.85. The van der Waals surface area contributed by atoms with E-state index in [1.54, 1.807) is 17.4 Å². The van der Waals surface area contributed by atoms with Crippen LogP contribution in [0.2, 0.25) is 0 Å². The molecule has 0 atom stereocenters. The van der Waals surface area contributed by atoms with Gasteiger partial charge in [0.05, 0.1) is 17.7 Å². The lowest BCUT2D eigenvalue weighted by molar-refractivity contribution is 0.0524. The number of pyridine rings is 2. The summed E-state index contributed by atoms with van der Waals surface area (Å²) in [4.78, 5) is 31.5. The molecule has 48 heavy (non-hydrogen) atoms. The molecule has 0 N–H and O–H groups in total. The zero-order chi connectivity index (χ0) is 32.8. The van der Waals surface area contributed by atoms with Crippen LogP contribution in [0.4, 0.5) is 0 Å². The predicted molar refractivity (Wildman–Crippen MR) is 193 cm³/mol. The van der Waals surface area contributed by atoms with E-state index in [4.69, 9.17) is 4.74 Å². The van der Waals surface area contributed by atoms with Gasteiger partial charge in [-0.05, 0) is 96.2 Å². The molecule has 0 unspecified atom stereocenters. The number of carbonyl (C=O) groups excluding carboxylic acids is 1. The molecule has 2 aliphatic rings. The molecule has 3 aromatic carbocycles. The van der Waals surface area contributed by atoms with Crippen LogP contribution in [0.15, 0.2) is 120 Å². The van der Waals surface area contributed by atoms with Gasteiger partial charge in [0.25, 0.3) is 5.56 Å². The number of thiophene rings is 1. The van der Waals surface area contributed by atoms with Crippen molar-refractivity contribution in [2.75, 3.05) is 13.2 Å². The van der Waals surface area contributed by atoms with Crippen LogP contribution in [0.25, 0.3) is 16.0 Å². The summed E-state index contributed by atoms with van der Waals surface area (Å²) in [6, 6.07) is 39.0. The molecule has 1 saturated carbocycles. The van der Waals surface area contributed by atoms with Gasteiger partial charge in [-0.1, -0.05) is 91.0 Å². The molecule has 240 valence electrons. The zero-order valence-electron chi connectivity index (χ0n) is 27.3. The molecule has 0 radical (unpaired) electrons. The van der Waals surface area contributed by atoms with Crippen LogP contribution in [0.3, 0.4) is 0 Å². The van der Waals surface area contributed by atoms with E-state index >= 15 is 0 Å². The highest BCUT2D eigenvalue weighted by molar-refractivity contribution is 7.15. The van der Waals surface area contributed by atoms with Crippen LogP contribution in [0.1, 0.15) is 74.3 Å². The highest BCUT2D eigenvalue weighted by Gasteiger charge is 2.43. The number of hydrogen-bond donors (Lipinski definition) is 0. The fourth-order valence-corrected chi connectivity index (χ4v) is 9.01. The minimum absolute atomic E-state index is 0.119. The molecular weight excluding hydrogens is 613 g/mol. The van der Waals surface area contributed by atoms with Crippen molar-refractivity contribution in [2.24, 2.45) is 0 Å². The molecule has 1 fully saturated rings. The van der Waals surface area contributed by atoms with E-state index in [-0.39, 0.29) is 17.7 Å². The summed E-state index contributed by atoms with van der Waals surface area (Å²) in [7, 11) is 0. The number of benzene rings is 3. The second-order valence-electron chi connectivity index (χ2n) is 12.9. The van der Waals surface area contributed by atoms with Gasteiger partial charge in [0.1, 0.15) is 5.56 Å². The van der Waals surface area contributed by atoms with Crippen LogP contribution < -0.4 is 5.56 Å². The van der Waals surface area contributed by atoms with Gasteiger partial charge >= 0.3 is 5.97 Å². The topological polar surface area (TPSA) is 51.0 Å². The van der Waals surface area contributed by atoms with Crippen molar-refractivity contribution in [3.63, 3.8) is 0 Å². The Bertz CT molecular complexity index is 2090. The van der Waals surface area contributed by atoms with Gasteiger partial charge in [-0.15, -0.1) is 11.3 Å². The zero-order valence-corrected chi connectivity index (χ0v) is 28.1. The van der Waals surface area contributed by atoms with Gasteiger partial charge in [-0.25, -0.2) is 4.79 Å². The maximum absolute atomic E-state index is 13.5. The van der Waals surface area contributed by atoms with E-state index < -0.39 is 11.5 Å². The van der Waals surface area contributed by atoms with Crippen molar-refractivity contribution in [2.45, 2.75) is 51.1 Å². The van der Waals surface area contributed by atoms with Crippen LogP contribution >= 0.6 is 11.3 Å². The van der Waals surface area contributed by atoms with E-state index in [2.05, 4.69) is 109 Å². The first-order chi connectivity index (χ1) is 23.5. The van der Waals surface area contributed by atoms with Crippen molar-refractivity contribution in [1.29, 1.82) is 0 Å². The second-order valence-corrected chi connectivity index (χ2v) is 14.1. The smallest absolute Gasteiger partial charge is 0.343 e. The lowest BCUT2D eigenvalue weighted by Gasteiger charge is -2.47. The fraction of sp³-hybridized carbons (Fsp3) is 0.238. The lowest BCUT2D eigenvalue weighted by atomic mass is 9.74. The molecule has 6 heteroatoms. The van der Waals surface area contributed by atoms with Gasteiger partial charge in [0.2, 0.25) is 0 Å². The number of hydrogen-bond acceptors (Lipinski definition) is 5. The highest BCUT2D eigenvalue weighted by Crippen LogP contribution is 2.47. The Hall–Kier alpha value is -4.78. The molecule has 1 aliphatic carbocycles. The number of ether oxygens (including phenoxy) is 1. The number of aryl methyl sites for hydroxylation is 1. The summed E-state index contributed by atoms with van der Waals surface area (Å²) < 4.78 is 6.91. The molecular formula is C42H38N2O3S. The lowest BCUT2D eigenvalue weighted by Crippen LogP contribution is -2.49. The van der Waals surface area contributed by atoms with E-state index in [1.807, 2.05) is 23.6 Å². The number of rotatable bonds is 8. The molecule has 0 amide bonds. The Labute approximate surface area is 285 Å². The van der Waals surface area contributed by atoms with Crippen molar-refractivity contribution in [3.8, 4) is 10.4 Å². The van der Waals surface area contributed by atoms with Crippen molar-refractivity contribution < 1.29 is 9.53 Å². The number of aromatic nitrogens is 1. The predicted octanol–water partition coefficient (Wildman–Crippen LogP) is 8.74. The summed E-state index contributed by atoms with van der Waals surface area (Å²) in [5.41, 5.74) is 8.69. The normalized spacial score (nSPS) is 15.0. The number of fused-ring (bicyclic) bond motifs is 2. The molecule has 0 bridgehead atoms. The quantitative estimate of drug-likeness (QED) is 0.122. The number of nitrogens with zero attached hydrogens (tertiary/aromatic N) is 2. The van der Waals surface area contributed by atoms with Gasteiger partial charge in [-0.3, -0.25) is 14.1 Å². The summed E-state index contributed by atoms with van der Waals surface area (Å²) in [5.74, 6) is -0.191. The van der Waals surface area contributed by atoms with Crippen molar-refractivity contribution in [3.05, 3.63) is 170 Å². The van der Waals surface area contributed by atoms with Crippen LogP contribution in [-0.2, 0) is 23.2 Å². The first kappa shape index (κ1) is 30.5. The maximum atomic E-state index is 13.5. The van der Waals surface area contributed by atoms with Gasteiger partial charge in [0, 0.05) is 29.0 Å². The molecule has 0 saturated heterocycles. The summed E-state index contributed by atoms with van der Waals surface area (Å²) in [5, 5.41) is 0. The molecule has 8 rings (SSSR count). The largest absolute Gasteiger partial charge is 0.462 e. The Balaban J connectivity index is 1.23. The average molecular weight is 651 g/mol. The first-order valence-corrected chi connectivity index (χ1v) is 17.7. The van der Waals surface area contributed by atoms with E-state index in [0.717, 1.165) is 54.6 Å². The SMILES string of the molecule is CCOC(=O)c1cc(C2CC2)c2c(C)c(-c3cc4c(s3)CCN(C(c3ccccc3)(c3ccccc3)c3ccccc3)C4)ccn2c1=O. The van der Waals surface area contributed by atoms with Crippen LogP contribution in [0, 0.1) is 6.92 Å². The number of esters is 1. The Morgan fingerprint density at radius 2 is 1.48 bits per heavy atom. The third kappa shape index (κ3) is 5.02. The number of carbonyl (C=O) groups is 1. The molecule has 1 aliphatic heterocycles. The van der Waals surface area contributed by atoms with Gasteiger partial charge in [-0.2, -0.15) is 0 Å². The van der Waals surface area contributed by atoms with E-state index in [9.17, 15) is 9.59 Å². The van der Waals surface area contributed by atoms with E-state index in [1.165, 1.54) is 32.0 Å². The third-order valence-corrected chi connectivity index (χ3v) is 11.4. The molecule has 6 aromatic rings. The van der Waals surface area contributed by atoms with Crippen molar-refractivity contribution >= 4 is 22.8 Å². The summed E-state index contributed by atoms with van der Waals surface area (Å²) >= 11 is 1.87. The fourth-order valence-electron chi connectivity index (χ4n) is 7.76. The average Bonchev–Trinajstić information content (AvgIpc) is 3.89. The molecule has 0 spiro atoms. The van der Waals surface area contributed by atoms with E-state index in [0.29, 0.717) is 5.92 Å². The minimum atomic E-state index is -0.548. The third-order valence-electron chi connectivity index (χ3n) is 10.1. The first-order valence-electron chi connectivity index (χ1n) is 16.9. The molecule has 5 nitrogen and oxygen atoms in total. The highest BCUT2D eigenvalue weighted by atomic mass is 32.1. The van der Waals surface area contributed by atoms with Crippen LogP contribution in [-0.4, -0.2) is 28.4 Å². The van der Waals surface area contributed by atoms with Gasteiger partial charge < -0.3 is 4.74 Å².